The highest BCUT2D eigenvalue weighted by atomic mass is 16.6. The predicted molar refractivity (Wildman–Crippen MR) is 75.7 cm³/mol. The van der Waals surface area contributed by atoms with Gasteiger partial charge in [0.2, 0.25) is 0 Å². The first kappa shape index (κ1) is 16.3. The lowest BCUT2D eigenvalue weighted by molar-refractivity contribution is -0.384. The van der Waals surface area contributed by atoms with Crippen LogP contribution in [0.3, 0.4) is 0 Å². The molecule has 0 aliphatic rings. The highest BCUT2D eigenvalue weighted by molar-refractivity contribution is 5.99. The number of carbonyl (C=O) groups is 1. The van der Waals surface area contributed by atoms with E-state index in [0.717, 1.165) is 6.42 Å². The molecule has 1 aromatic rings. The number of hydrogen-bond acceptors (Lipinski definition) is 5. The number of hydrogen-bond donors (Lipinski definition) is 1. The molecule has 0 fully saturated rings. The summed E-state index contributed by atoms with van der Waals surface area (Å²) in [4.78, 5) is 22.4. The van der Waals surface area contributed by atoms with Gasteiger partial charge in [-0.25, -0.2) is 0 Å². The highest BCUT2D eigenvalue weighted by Crippen LogP contribution is 2.16. The van der Waals surface area contributed by atoms with Crippen LogP contribution in [0.15, 0.2) is 24.3 Å². The lowest BCUT2D eigenvalue weighted by Gasteiger charge is -2.18. The number of carbonyl (C=O) groups excluding carboxylic acids is 1. The molecule has 0 aliphatic heterocycles. The normalized spacial score (nSPS) is 13.8. The van der Waals surface area contributed by atoms with Crippen LogP contribution in [0.5, 0.6) is 0 Å². The van der Waals surface area contributed by atoms with Gasteiger partial charge in [-0.1, -0.05) is 6.92 Å². The van der Waals surface area contributed by atoms with E-state index in [1.807, 2.05) is 13.8 Å². The van der Waals surface area contributed by atoms with Gasteiger partial charge >= 0.3 is 0 Å². The van der Waals surface area contributed by atoms with Crippen LogP contribution in [0, 0.1) is 10.1 Å². The molecule has 0 aliphatic carbocycles. The number of nitro benzene ring substituents is 1. The zero-order valence-corrected chi connectivity index (χ0v) is 11.7. The minimum Gasteiger partial charge on any atom is -0.370 e. The number of non-ortho nitro benzene ring substituents is 1. The third kappa shape index (κ3) is 4.71. The lowest BCUT2D eigenvalue weighted by atomic mass is 10.0. The molecule has 0 aromatic heterocycles. The van der Waals surface area contributed by atoms with Crippen molar-refractivity contribution in [2.24, 2.45) is 5.73 Å². The van der Waals surface area contributed by atoms with Crippen molar-refractivity contribution in [3.8, 4) is 0 Å². The molecule has 6 nitrogen and oxygen atoms in total. The van der Waals surface area contributed by atoms with Crippen molar-refractivity contribution in [3.63, 3.8) is 0 Å². The first-order valence-electron chi connectivity index (χ1n) is 6.61. The molecular weight excluding hydrogens is 260 g/mol. The van der Waals surface area contributed by atoms with Crippen molar-refractivity contribution in [3.05, 3.63) is 39.9 Å². The Morgan fingerprint density at radius 1 is 1.40 bits per heavy atom. The third-order valence-corrected chi connectivity index (χ3v) is 2.76. The Hall–Kier alpha value is -1.79. The minimum absolute atomic E-state index is 0.0419. The molecule has 0 saturated heterocycles. The number of rotatable bonds is 8. The Balaban J connectivity index is 2.84. The van der Waals surface area contributed by atoms with Gasteiger partial charge in [-0.3, -0.25) is 14.9 Å². The molecule has 2 atom stereocenters. The summed E-state index contributed by atoms with van der Waals surface area (Å²) < 4.78 is 5.53. The Labute approximate surface area is 118 Å². The van der Waals surface area contributed by atoms with Crippen LogP contribution in [0.1, 0.15) is 37.0 Å². The predicted octanol–water partition coefficient (Wildman–Crippen LogP) is 2.31. The van der Waals surface area contributed by atoms with Crippen molar-refractivity contribution in [2.45, 2.75) is 38.8 Å². The molecule has 0 heterocycles. The maximum absolute atomic E-state index is 12.3. The van der Waals surface area contributed by atoms with Gasteiger partial charge in [0, 0.05) is 30.3 Å². The van der Waals surface area contributed by atoms with Gasteiger partial charge in [-0.15, -0.1) is 0 Å². The van der Waals surface area contributed by atoms with Gasteiger partial charge in [0.05, 0.1) is 4.92 Å². The number of nitro groups is 1. The average molecular weight is 280 g/mol. The Kier molecular flexibility index (Phi) is 6.27. The number of ketones is 1. The van der Waals surface area contributed by atoms with E-state index >= 15 is 0 Å². The molecular formula is C14H20N2O4. The fraction of sp³-hybridized carbons (Fsp3) is 0.500. The van der Waals surface area contributed by atoms with Crippen LogP contribution in [0.25, 0.3) is 0 Å². The topological polar surface area (TPSA) is 95.5 Å². The molecule has 0 saturated carbocycles. The summed E-state index contributed by atoms with van der Waals surface area (Å²) in [6.07, 6.45) is 0.634. The molecule has 0 amide bonds. The van der Waals surface area contributed by atoms with Gasteiger partial charge < -0.3 is 10.5 Å². The van der Waals surface area contributed by atoms with Crippen LogP contribution in [0.4, 0.5) is 5.69 Å². The fourth-order valence-corrected chi connectivity index (χ4v) is 1.78. The van der Waals surface area contributed by atoms with E-state index in [1.54, 1.807) is 0 Å². The number of Topliss-reactive ketones (excluding diaryl/α,β-unsaturated/α-hetero) is 1. The third-order valence-electron chi connectivity index (χ3n) is 2.76. The van der Waals surface area contributed by atoms with Crippen molar-refractivity contribution < 1.29 is 14.5 Å². The van der Waals surface area contributed by atoms with Gasteiger partial charge in [-0.2, -0.15) is 0 Å². The smallest absolute Gasteiger partial charge is 0.269 e. The summed E-state index contributed by atoms with van der Waals surface area (Å²) in [5, 5.41) is 10.6. The molecule has 1 rings (SSSR count). The summed E-state index contributed by atoms with van der Waals surface area (Å²) in [6, 6.07) is 5.37. The standard InChI is InChI=1S/C14H20N2O4/c1-3-8-20-13(9-10(2)15)14(17)11-4-6-12(7-5-11)16(18)19/h4-7,10,13H,3,8-9,15H2,1-2H3. The summed E-state index contributed by atoms with van der Waals surface area (Å²) in [5.41, 5.74) is 6.08. The average Bonchev–Trinajstić information content (AvgIpc) is 2.42. The van der Waals surface area contributed by atoms with E-state index in [4.69, 9.17) is 10.5 Å². The van der Waals surface area contributed by atoms with Gasteiger partial charge in [0.15, 0.2) is 5.78 Å². The molecule has 6 heteroatoms. The molecule has 2 unspecified atom stereocenters. The van der Waals surface area contributed by atoms with Crippen LogP contribution in [0.2, 0.25) is 0 Å². The van der Waals surface area contributed by atoms with E-state index in [-0.39, 0.29) is 17.5 Å². The number of benzene rings is 1. The molecule has 2 N–H and O–H groups in total. The summed E-state index contributed by atoms with van der Waals surface area (Å²) in [6.45, 7) is 4.25. The highest BCUT2D eigenvalue weighted by Gasteiger charge is 2.22. The SMILES string of the molecule is CCCOC(CC(C)N)C(=O)c1ccc([N+](=O)[O-])cc1. The van der Waals surface area contributed by atoms with E-state index < -0.39 is 11.0 Å². The molecule has 0 radical (unpaired) electrons. The van der Waals surface area contributed by atoms with E-state index in [2.05, 4.69) is 0 Å². The van der Waals surface area contributed by atoms with Crippen molar-refractivity contribution in [1.82, 2.24) is 0 Å². The molecule has 1 aromatic carbocycles. The van der Waals surface area contributed by atoms with E-state index in [0.29, 0.717) is 18.6 Å². The second-order valence-corrected chi connectivity index (χ2v) is 4.74. The number of nitrogens with two attached hydrogens (primary N) is 1. The molecule has 110 valence electrons. The number of ether oxygens (including phenoxy) is 1. The minimum atomic E-state index is -0.601. The summed E-state index contributed by atoms with van der Waals surface area (Å²) in [7, 11) is 0. The van der Waals surface area contributed by atoms with E-state index in [9.17, 15) is 14.9 Å². The molecule has 0 bridgehead atoms. The second-order valence-electron chi connectivity index (χ2n) is 4.74. The van der Waals surface area contributed by atoms with Crippen molar-refractivity contribution in [1.29, 1.82) is 0 Å². The van der Waals surface area contributed by atoms with Crippen LogP contribution in [-0.2, 0) is 4.74 Å². The van der Waals surface area contributed by atoms with Crippen LogP contribution < -0.4 is 5.73 Å². The monoisotopic (exact) mass is 280 g/mol. The Morgan fingerprint density at radius 2 is 2.00 bits per heavy atom. The Bertz CT molecular complexity index is 457. The number of nitrogens with zero attached hydrogens (tertiary/aromatic N) is 1. The van der Waals surface area contributed by atoms with E-state index in [1.165, 1.54) is 24.3 Å². The van der Waals surface area contributed by atoms with Gasteiger partial charge in [0.25, 0.3) is 5.69 Å². The second kappa shape index (κ2) is 7.72. The Morgan fingerprint density at radius 3 is 2.45 bits per heavy atom. The summed E-state index contributed by atoms with van der Waals surface area (Å²) in [5.74, 6) is -0.189. The molecule has 20 heavy (non-hydrogen) atoms. The lowest BCUT2D eigenvalue weighted by Crippen LogP contribution is -2.32. The first-order chi connectivity index (χ1) is 9.45. The molecule has 0 spiro atoms. The first-order valence-corrected chi connectivity index (χ1v) is 6.61. The largest absolute Gasteiger partial charge is 0.370 e. The maximum Gasteiger partial charge on any atom is 0.269 e. The van der Waals surface area contributed by atoms with Crippen LogP contribution >= 0.6 is 0 Å². The quantitative estimate of drug-likeness (QED) is 0.448. The maximum atomic E-state index is 12.3. The zero-order chi connectivity index (χ0) is 15.1. The zero-order valence-electron chi connectivity index (χ0n) is 11.7. The van der Waals surface area contributed by atoms with Crippen molar-refractivity contribution in [2.75, 3.05) is 6.61 Å². The fourth-order valence-electron chi connectivity index (χ4n) is 1.78. The van der Waals surface area contributed by atoms with Crippen LogP contribution in [-0.4, -0.2) is 29.5 Å². The van der Waals surface area contributed by atoms with Crippen molar-refractivity contribution >= 4 is 11.5 Å². The van der Waals surface area contributed by atoms with Gasteiger partial charge in [-0.05, 0) is 31.9 Å². The van der Waals surface area contributed by atoms with Gasteiger partial charge in [0.1, 0.15) is 6.10 Å². The summed E-state index contributed by atoms with van der Waals surface area (Å²) >= 11 is 0.